The van der Waals surface area contributed by atoms with Gasteiger partial charge in [0.1, 0.15) is 5.52 Å². The first-order valence-corrected chi connectivity index (χ1v) is 7.96. The molecule has 0 radical (unpaired) electrons. The molecule has 2 atom stereocenters. The molecule has 4 nitrogen and oxygen atoms in total. The fraction of sp³-hybridized carbons (Fsp3) is 0.467. The molecule has 4 rings (SSSR count). The van der Waals surface area contributed by atoms with E-state index in [2.05, 4.69) is 42.2 Å². The van der Waals surface area contributed by atoms with Crippen molar-refractivity contribution in [2.45, 2.75) is 6.42 Å². The van der Waals surface area contributed by atoms with Gasteiger partial charge in [-0.1, -0.05) is 0 Å². The van der Waals surface area contributed by atoms with Crippen LogP contribution in [0.2, 0.25) is 0 Å². The molecule has 1 N–H and O–H groups in total. The van der Waals surface area contributed by atoms with Gasteiger partial charge in [0.25, 0.3) is 0 Å². The third kappa shape index (κ3) is 2.09. The second-order valence-corrected chi connectivity index (χ2v) is 6.68. The van der Waals surface area contributed by atoms with Crippen molar-refractivity contribution in [3.8, 4) is 0 Å². The van der Waals surface area contributed by atoms with E-state index in [1.165, 1.54) is 18.7 Å². The van der Waals surface area contributed by atoms with Crippen LogP contribution in [0.1, 0.15) is 6.42 Å². The Morgan fingerprint density at radius 3 is 3.10 bits per heavy atom. The zero-order valence-corrected chi connectivity index (χ0v) is 12.8. The van der Waals surface area contributed by atoms with E-state index in [4.69, 9.17) is 0 Å². The summed E-state index contributed by atoms with van der Waals surface area (Å²) < 4.78 is 0.980. The van der Waals surface area contributed by atoms with Crippen molar-refractivity contribution in [3.63, 3.8) is 0 Å². The number of piperidine rings is 1. The van der Waals surface area contributed by atoms with Crippen LogP contribution in [0, 0.1) is 11.8 Å². The van der Waals surface area contributed by atoms with E-state index in [9.17, 15) is 0 Å². The summed E-state index contributed by atoms with van der Waals surface area (Å²) in [7, 11) is 0. The molecule has 0 amide bonds. The number of nitrogens with one attached hydrogen (secondary N) is 1. The number of hydrogen-bond acceptors (Lipinski definition) is 4. The highest BCUT2D eigenvalue weighted by Crippen LogP contribution is 2.32. The monoisotopic (exact) mass is 332 g/mol. The number of anilines is 1. The first-order chi connectivity index (χ1) is 9.81. The van der Waals surface area contributed by atoms with Gasteiger partial charge in [0.2, 0.25) is 0 Å². The van der Waals surface area contributed by atoms with Crippen LogP contribution in [-0.2, 0) is 0 Å². The minimum absolute atomic E-state index is 0.780. The standard InChI is InChI=1S/C15H17BrN4/c16-12-5-13-15(19-8-12)14(1-3-18-13)20-4-2-10-6-17-7-11(10)9-20/h1,3,5,8,10-11,17H,2,4,6-7,9H2. The maximum Gasteiger partial charge on any atom is 0.112 e. The lowest BCUT2D eigenvalue weighted by molar-refractivity contribution is 0.349. The predicted molar refractivity (Wildman–Crippen MR) is 83.9 cm³/mol. The zero-order valence-electron chi connectivity index (χ0n) is 11.2. The van der Waals surface area contributed by atoms with Crippen molar-refractivity contribution in [2.75, 3.05) is 31.1 Å². The Kier molecular flexibility index (Phi) is 3.11. The van der Waals surface area contributed by atoms with Crippen LogP contribution >= 0.6 is 15.9 Å². The van der Waals surface area contributed by atoms with E-state index in [0.717, 1.165) is 47.0 Å². The fourth-order valence-corrected chi connectivity index (χ4v) is 3.82. The molecule has 0 saturated carbocycles. The first-order valence-electron chi connectivity index (χ1n) is 7.17. The lowest BCUT2D eigenvalue weighted by atomic mass is 9.88. The van der Waals surface area contributed by atoms with Gasteiger partial charge in [-0.05, 0) is 59.4 Å². The number of rotatable bonds is 1. The van der Waals surface area contributed by atoms with Crippen LogP contribution in [0.3, 0.4) is 0 Å². The molecule has 2 aliphatic rings. The molecule has 2 fully saturated rings. The minimum atomic E-state index is 0.780. The summed E-state index contributed by atoms with van der Waals surface area (Å²) in [4.78, 5) is 11.5. The highest BCUT2D eigenvalue weighted by atomic mass is 79.9. The van der Waals surface area contributed by atoms with Gasteiger partial charge >= 0.3 is 0 Å². The molecule has 2 aromatic heterocycles. The fourth-order valence-electron chi connectivity index (χ4n) is 3.50. The molecule has 2 unspecified atom stereocenters. The molecular weight excluding hydrogens is 316 g/mol. The normalized spacial score (nSPS) is 25.9. The lowest BCUT2D eigenvalue weighted by Gasteiger charge is -2.36. The Bertz CT molecular complexity index is 645. The minimum Gasteiger partial charge on any atom is -0.369 e. The van der Waals surface area contributed by atoms with Crippen molar-refractivity contribution in [1.29, 1.82) is 0 Å². The van der Waals surface area contributed by atoms with Crippen molar-refractivity contribution >= 4 is 32.7 Å². The van der Waals surface area contributed by atoms with Crippen molar-refractivity contribution in [2.24, 2.45) is 11.8 Å². The molecule has 0 aromatic carbocycles. The average Bonchev–Trinajstić information content (AvgIpc) is 2.93. The Labute approximate surface area is 126 Å². The van der Waals surface area contributed by atoms with Gasteiger partial charge in [-0.25, -0.2) is 0 Å². The van der Waals surface area contributed by atoms with Crippen LogP contribution in [0.4, 0.5) is 5.69 Å². The Balaban J connectivity index is 1.71. The molecule has 2 aliphatic heterocycles. The summed E-state index contributed by atoms with van der Waals surface area (Å²) in [5.41, 5.74) is 3.21. The van der Waals surface area contributed by atoms with Crippen molar-refractivity contribution < 1.29 is 0 Å². The van der Waals surface area contributed by atoms with Crippen LogP contribution in [0.15, 0.2) is 29.0 Å². The number of fused-ring (bicyclic) bond motifs is 2. The van der Waals surface area contributed by atoms with Gasteiger partial charge in [-0.15, -0.1) is 0 Å². The van der Waals surface area contributed by atoms with E-state index in [-0.39, 0.29) is 0 Å². The quantitative estimate of drug-likeness (QED) is 0.870. The molecule has 0 aliphatic carbocycles. The number of hydrogen-bond donors (Lipinski definition) is 1. The Hall–Kier alpha value is -1.20. The molecule has 0 bridgehead atoms. The van der Waals surface area contributed by atoms with Gasteiger partial charge < -0.3 is 10.2 Å². The number of halogens is 1. The second-order valence-electron chi connectivity index (χ2n) is 5.76. The number of aromatic nitrogens is 2. The number of pyridine rings is 2. The molecule has 0 spiro atoms. The van der Waals surface area contributed by atoms with E-state index < -0.39 is 0 Å². The van der Waals surface area contributed by atoms with Gasteiger partial charge in [0.15, 0.2) is 0 Å². The second kappa shape index (κ2) is 4.97. The first kappa shape index (κ1) is 12.5. The maximum absolute atomic E-state index is 4.57. The van der Waals surface area contributed by atoms with Crippen LogP contribution < -0.4 is 10.2 Å². The molecule has 4 heterocycles. The largest absolute Gasteiger partial charge is 0.369 e. The summed E-state index contributed by atoms with van der Waals surface area (Å²) in [6, 6.07) is 4.14. The lowest BCUT2D eigenvalue weighted by Crippen LogP contribution is -2.40. The van der Waals surface area contributed by atoms with Gasteiger partial charge in [0.05, 0.1) is 11.2 Å². The summed E-state index contributed by atoms with van der Waals surface area (Å²) in [6.45, 7) is 4.61. The zero-order chi connectivity index (χ0) is 13.5. The third-order valence-electron chi connectivity index (χ3n) is 4.57. The SMILES string of the molecule is Brc1cnc2c(N3CCC4CNCC4C3)ccnc2c1. The van der Waals surface area contributed by atoms with Gasteiger partial charge in [-0.2, -0.15) is 0 Å². The van der Waals surface area contributed by atoms with Crippen LogP contribution in [-0.4, -0.2) is 36.1 Å². The van der Waals surface area contributed by atoms with Crippen molar-refractivity contribution in [3.05, 3.63) is 29.0 Å². The average molecular weight is 333 g/mol. The van der Waals surface area contributed by atoms with Gasteiger partial charge in [0, 0.05) is 30.0 Å². The van der Waals surface area contributed by atoms with E-state index >= 15 is 0 Å². The molecule has 2 aromatic rings. The molecule has 5 heteroatoms. The Morgan fingerprint density at radius 1 is 1.25 bits per heavy atom. The van der Waals surface area contributed by atoms with E-state index in [1.807, 2.05) is 18.5 Å². The molecule has 104 valence electrons. The van der Waals surface area contributed by atoms with E-state index in [1.54, 1.807) is 0 Å². The summed E-state index contributed by atoms with van der Waals surface area (Å²) in [6.07, 6.45) is 5.03. The molecule has 20 heavy (non-hydrogen) atoms. The van der Waals surface area contributed by atoms with Crippen LogP contribution in [0.25, 0.3) is 11.0 Å². The maximum atomic E-state index is 4.57. The molecular formula is C15H17BrN4. The summed E-state index contributed by atoms with van der Waals surface area (Å²) in [5, 5.41) is 3.52. The Morgan fingerprint density at radius 2 is 2.15 bits per heavy atom. The van der Waals surface area contributed by atoms with E-state index in [0.29, 0.717) is 0 Å². The smallest absolute Gasteiger partial charge is 0.112 e. The van der Waals surface area contributed by atoms with Crippen molar-refractivity contribution in [1.82, 2.24) is 15.3 Å². The number of nitrogens with zero attached hydrogens (tertiary/aromatic N) is 3. The topological polar surface area (TPSA) is 41.1 Å². The summed E-state index contributed by atoms with van der Waals surface area (Å²) in [5.74, 6) is 1.64. The summed E-state index contributed by atoms with van der Waals surface area (Å²) >= 11 is 3.47. The predicted octanol–water partition coefficient (Wildman–Crippen LogP) is 2.44. The van der Waals surface area contributed by atoms with Crippen LogP contribution in [0.5, 0.6) is 0 Å². The van der Waals surface area contributed by atoms with Gasteiger partial charge in [-0.3, -0.25) is 9.97 Å². The highest BCUT2D eigenvalue weighted by molar-refractivity contribution is 9.10. The molecule has 2 saturated heterocycles. The third-order valence-corrected chi connectivity index (χ3v) is 5.00. The highest BCUT2D eigenvalue weighted by Gasteiger charge is 2.33.